The fourth-order valence-corrected chi connectivity index (χ4v) is 12.5. The zero-order valence-corrected chi connectivity index (χ0v) is 63.9. The van der Waals surface area contributed by atoms with Crippen molar-refractivity contribution in [3.05, 3.63) is 120 Å². The highest BCUT2D eigenvalue weighted by molar-refractivity contribution is 6.01. The van der Waals surface area contributed by atoms with Crippen LogP contribution in [0.15, 0.2) is 97.2 Å². The minimum absolute atomic E-state index is 0.0129. The normalized spacial score (nSPS) is 22.0. The number of para-hydroxylation sites is 1. The van der Waals surface area contributed by atoms with Crippen LogP contribution in [0.4, 0.5) is 4.39 Å². The number of carbonyl (C=O) groups is 12. The van der Waals surface area contributed by atoms with Crippen molar-refractivity contribution in [3.63, 3.8) is 0 Å². The Morgan fingerprint density at radius 2 is 0.789 bits per heavy atom. The summed E-state index contributed by atoms with van der Waals surface area (Å²) in [4.78, 5) is 180. The zero-order valence-electron chi connectivity index (χ0n) is 63.9. The summed E-state index contributed by atoms with van der Waals surface area (Å²) in [6.45, 7) is 4.08. The Morgan fingerprint density at radius 1 is 0.430 bits per heavy atom. The molecule has 1 fully saturated rings. The largest absolute Gasteiger partial charge is 0.391 e. The van der Waals surface area contributed by atoms with Crippen molar-refractivity contribution < 1.29 is 67.0 Å². The molecule has 4 aromatic carbocycles. The predicted octanol–water partition coefficient (Wildman–Crippen LogP) is -3.26. The van der Waals surface area contributed by atoms with Crippen LogP contribution in [0.25, 0.3) is 21.7 Å². The van der Waals surface area contributed by atoms with Gasteiger partial charge in [-0.3, -0.25) is 79.2 Å². The van der Waals surface area contributed by atoms with Gasteiger partial charge in [0, 0.05) is 69.0 Å². The molecule has 0 saturated carbocycles. The van der Waals surface area contributed by atoms with Gasteiger partial charge in [0.15, 0.2) is 23.8 Å². The topological polar surface area (TPSA) is 647 Å². The average molecular weight is 1590 g/mol. The van der Waals surface area contributed by atoms with Gasteiger partial charge in [-0.15, -0.1) is 0 Å². The summed E-state index contributed by atoms with van der Waals surface area (Å²) in [5.74, 6) is -14.6. The van der Waals surface area contributed by atoms with Crippen molar-refractivity contribution in [2.24, 2.45) is 28.7 Å². The number of hydrogen-bond donors (Lipinski definition) is 26. The van der Waals surface area contributed by atoms with Gasteiger partial charge in [0.2, 0.25) is 70.9 Å². The van der Waals surface area contributed by atoms with E-state index in [1.54, 1.807) is 61.7 Å². The lowest BCUT2D eigenvalue weighted by Crippen LogP contribution is -2.62. The van der Waals surface area contributed by atoms with Gasteiger partial charge in [-0.1, -0.05) is 92.6 Å². The molecule has 38 nitrogen and oxygen atoms in total. The van der Waals surface area contributed by atoms with E-state index in [-0.39, 0.29) is 110 Å². The van der Waals surface area contributed by atoms with Crippen molar-refractivity contribution in [3.8, 4) is 0 Å². The number of aliphatic hydroxyl groups is 1. The van der Waals surface area contributed by atoms with Crippen LogP contribution in [0.1, 0.15) is 121 Å². The Labute approximate surface area is 657 Å². The number of aromatic nitrogens is 1. The van der Waals surface area contributed by atoms with E-state index in [0.717, 1.165) is 29.8 Å². The van der Waals surface area contributed by atoms with Gasteiger partial charge >= 0.3 is 0 Å². The number of fused-ring (bicyclic) bond motifs is 2. The summed E-state index contributed by atoms with van der Waals surface area (Å²) < 4.78 is 14.6. The van der Waals surface area contributed by atoms with Crippen LogP contribution in [0.2, 0.25) is 0 Å². The number of nitrogens with two attached hydrogens (primary N) is 5. The first kappa shape index (κ1) is 90.2. The van der Waals surface area contributed by atoms with Crippen molar-refractivity contribution in [1.82, 2.24) is 84.7 Å². The highest BCUT2D eigenvalue weighted by atomic mass is 19.1. The van der Waals surface area contributed by atoms with E-state index in [9.17, 15) is 43.1 Å². The van der Waals surface area contributed by atoms with Gasteiger partial charge in [0.05, 0.1) is 6.10 Å². The average Bonchev–Trinajstić information content (AvgIpc) is 1.59. The first-order valence-corrected chi connectivity index (χ1v) is 37.7. The molecule has 1 aliphatic heterocycles. The molecule has 5 aromatic rings. The Hall–Kier alpha value is -12.7. The number of rotatable bonds is 29. The molecule has 0 spiro atoms. The summed E-state index contributed by atoms with van der Waals surface area (Å²) in [7, 11) is 0. The second-order valence-electron chi connectivity index (χ2n) is 27.9. The van der Waals surface area contributed by atoms with Crippen LogP contribution in [0.3, 0.4) is 0 Å². The van der Waals surface area contributed by atoms with E-state index in [4.69, 9.17) is 50.3 Å². The van der Waals surface area contributed by atoms with E-state index in [1.807, 2.05) is 18.2 Å². The minimum Gasteiger partial charge on any atom is -0.391 e. The van der Waals surface area contributed by atoms with Crippen molar-refractivity contribution >= 4 is 116 Å². The van der Waals surface area contributed by atoms with Gasteiger partial charge in [-0.25, -0.2) is 4.39 Å². The third kappa shape index (κ3) is 30.2. The number of carbonyl (C=O) groups excluding carboxylic acids is 12. The zero-order chi connectivity index (χ0) is 83.6. The summed E-state index contributed by atoms with van der Waals surface area (Å²) in [6, 6.07) is 6.35. The standard InChI is InChI=1S/C75H108FN25O13/c1-4-5-17-50-62(105)97-55(29-30-59(77)103)67(110)100-58(38-46-39-90-49-18-9-8-16-48(46)49)70(113)101-60(41(3)102)71(114)91-40(2)61(104)92-51(19-10-31-86-72(78)79)63(106)93-52(20-11-32-87-73(80)81)64(107)94-53(21-12-33-88-74(82)83)65(108)99-57(37-43-23-26-44-14-6-7-15-45(44)35-43)69(112)96-54(22-13-34-89-75(84)85)66(109)98-56(68(111)95-50)36-42-24-27-47(76)28-25-42/h6-9,14-16,18,23-28,35,39-41,50-58,60,90,102H,4-5,10-13,17,19-22,29-34,36-38H2,1-3H3,(H2,77,103)(H,91,114)(H,92,104)(H,93,106)(H,94,107)(H,95,111)(H,96,112)(H,97,105)(H,98,109)(H,99,108)(H,100,110)(H,101,113)(H4,78,79,86)(H4,80,81,87)(H4,82,83,88)(H4,84,85,89)/t40-,41?,50+,51-,52-,53-,54-,55-,56-,57+,58-,60-/m0/s1. The first-order valence-electron chi connectivity index (χ1n) is 37.7. The van der Waals surface area contributed by atoms with Gasteiger partial charge in [0.25, 0.3) is 0 Å². The Bertz CT molecular complexity index is 4220. The number of unbranched alkanes of at least 4 members (excludes halogenated alkanes) is 1. The van der Waals surface area contributed by atoms with Gasteiger partial charge in [-0.05, 0) is 124 Å². The molecule has 2 heterocycles. The molecule has 39 heteroatoms. The summed E-state index contributed by atoms with van der Waals surface area (Å²) >= 11 is 0. The fourth-order valence-electron chi connectivity index (χ4n) is 12.5. The van der Waals surface area contributed by atoms with Crippen molar-refractivity contribution in [2.45, 2.75) is 196 Å². The van der Waals surface area contributed by atoms with E-state index in [0.29, 0.717) is 34.0 Å². The number of aliphatic hydroxyl groups excluding tert-OH is 1. The Morgan fingerprint density at radius 3 is 1.22 bits per heavy atom. The van der Waals surface area contributed by atoms with Crippen LogP contribution in [0.5, 0.6) is 0 Å². The number of benzene rings is 4. The molecule has 12 atom stereocenters. The monoisotopic (exact) mass is 1590 g/mol. The Balaban J connectivity index is 1.53. The molecular formula is C75H108FN25O13. The molecule has 1 aromatic heterocycles. The van der Waals surface area contributed by atoms with Crippen molar-refractivity contribution in [1.29, 1.82) is 21.6 Å². The molecule has 6 rings (SSSR count). The van der Waals surface area contributed by atoms with Gasteiger partial charge < -0.3 is 119 Å². The third-order valence-electron chi connectivity index (χ3n) is 18.7. The summed E-state index contributed by atoms with van der Waals surface area (Å²) in [5, 5.41) is 84.0. The fraction of sp³-hybridized carbons (Fsp3) is 0.467. The van der Waals surface area contributed by atoms with E-state index in [2.05, 4.69) is 84.7 Å². The number of H-pyrrole nitrogens is 1. The maximum Gasteiger partial charge on any atom is 0.245 e. The van der Waals surface area contributed by atoms with Gasteiger partial charge in [-0.2, -0.15) is 0 Å². The van der Waals surface area contributed by atoms with E-state index in [1.165, 1.54) is 19.1 Å². The van der Waals surface area contributed by atoms with E-state index >= 15 is 24.0 Å². The quantitative estimate of drug-likeness (QED) is 0.0127. The van der Waals surface area contributed by atoms with E-state index < -0.39 is 186 Å². The van der Waals surface area contributed by atoms with Crippen LogP contribution < -0.4 is 108 Å². The number of amides is 12. The second-order valence-corrected chi connectivity index (χ2v) is 27.9. The maximum absolute atomic E-state index is 15.4. The molecular weight excluding hydrogens is 1480 g/mol. The molecule has 0 aliphatic carbocycles. The number of aromatic amines is 1. The number of nitrogens with one attached hydrogen (secondary N) is 20. The third-order valence-corrected chi connectivity index (χ3v) is 18.7. The number of guanidine groups is 4. The number of halogens is 1. The molecule has 618 valence electrons. The lowest BCUT2D eigenvalue weighted by molar-refractivity contribution is -0.137. The maximum atomic E-state index is 15.4. The molecule has 12 amide bonds. The predicted molar refractivity (Wildman–Crippen MR) is 423 cm³/mol. The lowest BCUT2D eigenvalue weighted by Gasteiger charge is -2.29. The van der Waals surface area contributed by atoms with Crippen LogP contribution in [-0.2, 0) is 76.8 Å². The molecule has 1 unspecified atom stereocenters. The molecule has 1 aliphatic rings. The smallest absolute Gasteiger partial charge is 0.245 e. The summed E-state index contributed by atoms with van der Waals surface area (Å²) in [6.07, 6.45) is -2.39. The Kier molecular flexibility index (Phi) is 36.1. The number of hydrogen-bond acceptors (Lipinski definition) is 17. The van der Waals surface area contributed by atoms with Gasteiger partial charge in [0.1, 0.15) is 72.3 Å². The van der Waals surface area contributed by atoms with Crippen molar-refractivity contribution in [2.75, 3.05) is 26.2 Å². The molecule has 1 saturated heterocycles. The van der Waals surface area contributed by atoms with Crippen LogP contribution in [-0.4, -0.2) is 204 Å². The minimum atomic E-state index is -1.89. The first-order chi connectivity index (χ1) is 54.3. The van der Waals surface area contributed by atoms with Crippen LogP contribution in [0, 0.1) is 27.5 Å². The lowest BCUT2D eigenvalue weighted by atomic mass is 9.99. The highest BCUT2D eigenvalue weighted by Gasteiger charge is 2.38. The number of primary amides is 1. The molecule has 0 bridgehead atoms. The molecule has 31 N–H and O–H groups in total. The molecule has 0 radical (unpaired) electrons. The highest BCUT2D eigenvalue weighted by Crippen LogP contribution is 2.22. The molecule has 114 heavy (non-hydrogen) atoms. The SMILES string of the molecule is CCCC[C@H]1NC(=O)[C@H](Cc2ccc(F)cc2)NC(=O)[C@H](CCCNC(=N)N)NC(=O)[C@@H](Cc2ccc3ccccc3c2)NC(=O)[C@H](CCCNC(=N)N)NC(=O)[C@H](CCCNC(=N)N)NC(=O)[C@H](CCCNC(=N)N)NC(=O)[C@H](C)NC(=O)[C@H](C(C)O)NC(=O)[C@H](Cc2c[nH]c3ccccc23)NC(=O)[C@H](CCC(N)=O)NC1=O. The summed E-state index contributed by atoms with van der Waals surface area (Å²) in [5.41, 5.74) is 29.9. The van der Waals surface area contributed by atoms with Crippen LogP contribution >= 0.6 is 0 Å². The second kappa shape index (κ2) is 45.6.